The number of carbonyl (C=O) groups is 1. The molecule has 0 aliphatic rings. The smallest absolute Gasteiger partial charge is 0.387 e. The number of carbonyl (C=O) groups excluding carboxylic acids is 1. The van der Waals surface area contributed by atoms with Gasteiger partial charge in [-0.05, 0) is 24.3 Å². The minimum absolute atomic E-state index is 0.0513. The van der Waals surface area contributed by atoms with Gasteiger partial charge in [0.2, 0.25) is 0 Å². The molecule has 2 aromatic carbocycles. The third-order valence-electron chi connectivity index (χ3n) is 4.19. The average Bonchev–Trinajstić information content (AvgIpc) is 3.15. The number of H-pyrrole nitrogens is 1. The molecule has 1 aromatic heterocycles. The van der Waals surface area contributed by atoms with Crippen molar-refractivity contribution in [3.8, 4) is 17.2 Å². The zero-order valence-corrected chi connectivity index (χ0v) is 15.8. The number of fused-ring (bicyclic) bond motifs is 1. The van der Waals surface area contributed by atoms with Crippen molar-refractivity contribution < 1.29 is 37.4 Å². The Kier molecular flexibility index (Phi) is 6.00. The number of nitrogens with zero attached hydrogens (tertiary/aromatic N) is 1. The zero-order chi connectivity index (χ0) is 21.8. The monoisotopic (exact) mass is 422 g/mol. The molecule has 11 heteroatoms. The van der Waals surface area contributed by atoms with Crippen molar-refractivity contribution >= 4 is 22.6 Å². The largest absolute Gasteiger partial charge is 0.497 e. The summed E-state index contributed by atoms with van der Waals surface area (Å²) < 4.78 is 44.5. The molecule has 30 heavy (non-hydrogen) atoms. The zero-order valence-electron chi connectivity index (χ0n) is 15.8. The molecule has 1 N–H and O–H groups in total. The average molecular weight is 422 g/mol. The number of ether oxygens (including phenoxy) is 4. The van der Waals surface area contributed by atoms with Crippen molar-refractivity contribution in [1.82, 2.24) is 4.98 Å². The lowest BCUT2D eigenvalue weighted by atomic mass is 10.1. The number of nitrogens with one attached hydrogen (secondary N) is 1. The number of hydrogen-bond acceptors (Lipinski definition) is 7. The number of esters is 1. The van der Waals surface area contributed by atoms with E-state index in [9.17, 15) is 23.7 Å². The molecule has 0 atom stereocenters. The van der Waals surface area contributed by atoms with E-state index in [2.05, 4.69) is 9.72 Å². The normalized spacial score (nSPS) is 10.8. The summed E-state index contributed by atoms with van der Waals surface area (Å²) in [6.07, 6.45) is 0. The van der Waals surface area contributed by atoms with Gasteiger partial charge in [-0.15, -0.1) is 0 Å². The summed E-state index contributed by atoms with van der Waals surface area (Å²) in [5.74, 6) is -0.826. The van der Waals surface area contributed by atoms with Crippen LogP contribution in [0.2, 0.25) is 0 Å². The van der Waals surface area contributed by atoms with Crippen LogP contribution in [-0.2, 0) is 11.3 Å². The Morgan fingerprint density at radius 3 is 2.53 bits per heavy atom. The molecule has 0 amide bonds. The van der Waals surface area contributed by atoms with Gasteiger partial charge in [-0.1, -0.05) is 0 Å². The van der Waals surface area contributed by atoms with E-state index in [0.717, 1.165) is 17.5 Å². The SMILES string of the molecule is COc1ccc2cc(C(=O)OCc3cc(OC)c(OC(F)F)cc3[N+](=O)[O-])[nH]c2c1. The van der Waals surface area contributed by atoms with Gasteiger partial charge in [0.05, 0.1) is 30.8 Å². The molecule has 158 valence electrons. The number of methoxy groups -OCH3 is 2. The van der Waals surface area contributed by atoms with E-state index in [4.69, 9.17) is 14.2 Å². The molecule has 0 bridgehead atoms. The third-order valence-corrected chi connectivity index (χ3v) is 4.19. The van der Waals surface area contributed by atoms with E-state index in [1.165, 1.54) is 14.2 Å². The Morgan fingerprint density at radius 1 is 1.13 bits per heavy atom. The van der Waals surface area contributed by atoms with Crippen molar-refractivity contribution in [3.05, 3.63) is 57.8 Å². The number of nitro benzene ring substituents is 1. The number of nitro groups is 1. The van der Waals surface area contributed by atoms with Crippen LogP contribution in [0.4, 0.5) is 14.5 Å². The molecule has 0 aliphatic heterocycles. The minimum Gasteiger partial charge on any atom is -0.497 e. The summed E-state index contributed by atoms with van der Waals surface area (Å²) >= 11 is 0. The lowest BCUT2D eigenvalue weighted by Gasteiger charge is -2.12. The molecular formula is C19H16F2N2O7. The van der Waals surface area contributed by atoms with Crippen LogP contribution >= 0.6 is 0 Å². The fourth-order valence-electron chi connectivity index (χ4n) is 2.79. The first-order chi connectivity index (χ1) is 14.3. The van der Waals surface area contributed by atoms with E-state index >= 15 is 0 Å². The topological polar surface area (TPSA) is 113 Å². The summed E-state index contributed by atoms with van der Waals surface area (Å²) in [7, 11) is 2.70. The second-order valence-electron chi connectivity index (χ2n) is 5.98. The fraction of sp³-hybridized carbons (Fsp3) is 0.211. The number of halogens is 2. The van der Waals surface area contributed by atoms with E-state index in [-0.39, 0.29) is 17.0 Å². The Balaban J connectivity index is 1.83. The van der Waals surface area contributed by atoms with Crippen LogP contribution in [0.15, 0.2) is 36.4 Å². The van der Waals surface area contributed by atoms with Gasteiger partial charge in [0.25, 0.3) is 5.69 Å². The van der Waals surface area contributed by atoms with Crippen LogP contribution in [0.1, 0.15) is 16.1 Å². The summed E-state index contributed by atoms with van der Waals surface area (Å²) in [6, 6.07) is 8.64. The van der Waals surface area contributed by atoms with Crippen molar-refractivity contribution in [2.45, 2.75) is 13.2 Å². The van der Waals surface area contributed by atoms with Gasteiger partial charge >= 0.3 is 12.6 Å². The minimum atomic E-state index is -3.19. The fourth-order valence-corrected chi connectivity index (χ4v) is 2.79. The molecule has 3 aromatic rings. The van der Waals surface area contributed by atoms with Crippen LogP contribution in [-0.4, -0.2) is 36.7 Å². The summed E-state index contributed by atoms with van der Waals surface area (Å²) in [6.45, 7) is -3.68. The third kappa shape index (κ3) is 4.40. The number of hydrogen-bond donors (Lipinski definition) is 1. The van der Waals surface area contributed by atoms with Crippen LogP contribution in [0, 0.1) is 10.1 Å². The summed E-state index contributed by atoms with van der Waals surface area (Å²) in [5.41, 5.74) is 0.165. The summed E-state index contributed by atoms with van der Waals surface area (Å²) in [5, 5.41) is 12.1. The lowest BCUT2D eigenvalue weighted by Crippen LogP contribution is -2.09. The molecular weight excluding hydrogens is 406 g/mol. The van der Waals surface area contributed by atoms with Gasteiger partial charge in [0.15, 0.2) is 11.5 Å². The number of aromatic amines is 1. The number of rotatable bonds is 8. The van der Waals surface area contributed by atoms with Gasteiger partial charge in [-0.2, -0.15) is 8.78 Å². The van der Waals surface area contributed by atoms with Crippen molar-refractivity contribution in [2.75, 3.05) is 14.2 Å². The molecule has 0 fully saturated rings. The van der Waals surface area contributed by atoms with Crippen LogP contribution in [0.25, 0.3) is 10.9 Å². The molecule has 1 heterocycles. The van der Waals surface area contributed by atoms with Gasteiger partial charge in [-0.25, -0.2) is 4.79 Å². The maximum Gasteiger partial charge on any atom is 0.387 e. The quantitative estimate of drug-likeness (QED) is 0.331. The second kappa shape index (κ2) is 8.64. The maximum atomic E-state index is 12.5. The Hall–Kier alpha value is -3.89. The first kappa shape index (κ1) is 20.8. The second-order valence-corrected chi connectivity index (χ2v) is 5.98. The molecule has 0 aliphatic carbocycles. The van der Waals surface area contributed by atoms with Crippen LogP contribution in [0.3, 0.4) is 0 Å². The Labute approximate surface area is 168 Å². The van der Waals surface area contributed by atoms with E-state index in [1.807, 2.05) is 0 Å². The Morgan fingerprint density at radius 2 is 1.90 bits per heavy atom. The maximum absolute atomic E-state index is 12.5. The number of benzene rings is 2. The molecule has 0 radical (unpaired) electrons. The summed E-state index contributed by atoms with van der Waals surface area (Å²) in [4.78, 5) is 25.8. The van der Waals surface area contributed by atoms with Gasteiger partial charge in [0.1, 0.15) is 18.1 Å². The molecule has 0 unspecified atom stereocenters. The van der Waals surface area contributed by atoms with Crippen LogP contribution in [0.5, 0.6) is 17.2 Å². The predicted molar refractivity (Wildman–Crippen MR) is 100 cm³/mol. The van der Waals surface area contributed by atoms with E-state index in [0.29, 0.717) is 11.3 Å². The van der Waals surface area contributed by atoms with E-state index in [1.54, 1.807) is 24.3 Å². The van der Waals surface area contributed by atoms with Crippen molar-refractivity contribution in [1.29, 1.82) is 0 Å². The molecule has 0 saturated heterocycles. The lowest BCUT2D eigenvalue weighted by molar-refractivity contribution is -0.386. The highest BCUT2D eigenvalue weighted by atomic mass is 19.3. The first-order valence-electron chi connectivity index (χ1n) is 8.46. The van der Waals surface area contributed by atoms with Gasteiger partial charge in [0, 0.05) is 17.0 Å². The highest BCUT2D eigenvalue weighted by molar-refractivity contribution is 5.95. The van der Waals surface area contributed by atoms with Gasteiger partial charge in [-0.3, -0.25) is 10.1 Å². The highest BCUT2D eigenvalue weighted by Crippen LogP contribution is 2.36. The van der Waals surface area contributed by atoms with Crippen molar-refractivity contribution in [3.63, 3.8) is 0 Å². The highest BCUT2D eigenvalue weighted by Gasteiger charge is 2.23. The first-order valence-corrected chi connectivity index (χ1v) is 8.46. The number of aromatic nitrogens is 1. The molecule has 0 spiro atoms. The Bertz CT molecular complexity index is 1100. The number of alkyl halides is 2. The van der Waals surface area contributed by atoms with Gasteiger partial charge < -0.3 is 23.9 Å². The molecule has 3 rings (SSSR count). The molecule has 9 nitrogen and oxygen atoms in total. The van der Waals surface area contributed by atoms with Crippen molar-refractivity contribution in [2.24, 2.45) is 0 Å². The predicted octanol–water partition coefficient (Wildman–Crippen LogP) is 4.05. The van der Waals surface area contributed by atoms with Crippen LogP contribution < -0.4 is 14.2 Å². The van der Waals surface area contributed by atoms with E-state index < -0.39 is 35.5 Å². The molecule has 0 saturated carbocycles. The standard InChI is InChI=1S/C19H16F2N2O7/c1-27-12-4-3-10-5-14(22-13(10)7-12)18(24)29-9-11-6-16(28-2)17(30-19(20)21)8-15(11)23(25)26/h3-8,19,22H,9H2,1-2H3.